The SMILES string of the molecule is CCCNC(Cc1ccc(Cl)c(Cl)c1)CC1CCC1. The van der Waals surface area contributed by atoms with Crippen molar-refractivity contribution in [3.05, 3.63) is 33.8 Å². The van der Waals surface area contributed by atoms with Gasteiger partial charge in [-0.3, -0.25) is 0 Å². The standard InChI is InChI=1S/C16H23Cl2N/c1-2-8-19-14(9-12-4-3-5-12)10-13-6-7-15(17)16(18)11-13/h6-7,11-12,14,19H,2-5,8-10H2,1H3. The highest BCUT2D eigenvalue weighted by atomic mass is 35.5. The third kappa shape index (κ3) is 4.66. The van der Waals surface area contributed by atoms with Gasteiger partial charge in [-0.2, -0.15) is 0 Å². The topological polar surface area (TPSA) is 12.0 Å². The van der Waals surface area contributed by atoms with Gasteiger partial charge in [-0.05, 0) is 49.4 Å². The van der Waals surface area contributed by atoms with Crippen LogP contribution in [0.25, 0.3) is 0 Å². The van der Waals surface area contributed by atoms with E-state index >= 15 is 0 Å². The average molecular weight is 300 g/mol. The van der Waals surface area contributed by atoms with E-state index in [0.717, 1.165) is 18.9 Å². The summed E-state index contributed by atoms with van der Waals surface area (Å²) in [6.45, 7) is 3.31. The van der Waals surface area contributed by atoms with Gasteiger partial charge in [0, 0.05) is 6.04 Å². The lowest BCUT2D eigenvalue weighted by atomic mass is 9.80. The van der Waals surface area contributed by atoms with E-state index in [1.54, 1.807) is 0 Å². The van der Waals surface area contributed by atoms with E-state index in [1.807, 2.05) is 12.1 Å². The zero-order valence-corrected chi connectivity index (χ0v) is 13.1. The number of hydrogen-bond acceptors (Lipinski definition) is 1. The van der Waals surface area contributed by atoms with E-state index < -0.39 is 0 Å². The quantitative estimate of drug-likeness (QED) is 0.739. The summed E-state index contributed by atoms with van der Waals surface area (Å²) in [6.07, 6.45) is 7.76. The smallest absolute Gasteiger partial charge is 0.0595 e. The van der Waals surface area contributed by atoms with Crippen molar-refractivity contribution in [1.82, 2.24) is 5.32 Å². The number of nitrogens with one attached hydrogen (secondary N) is 1. The first-order valence-corrected chi connectivity index (χ1v) is 8.12. The third-order valence-corrected chi connectivity index (χ3v) is 4.73. The van der Waals surface area contributed by atoms with Crippen molar-refractivity contribution in [2.45, 2.75) is 51.5 Å². The molecule has 1 fully saturated rings. The van der Waals surface area contributed by atoms with E-state index in [4.69, 9.17) is 23.2 Å². The van der Waals surface area contributed by atoms with Crippen LogP contribution in [0.15, 0.2) is 18.2 Å². The molecule has 0 saturated heterocycles. The van der Waals surface area contributed by atoms with Gasteiger partial charge in [-0.25, -0.2) is 0 Å². The highest BCUT2D eigenvalue weighted by Gasteiger charge is 2.22. The first kappa shape index (κ1) is 15.2. The molecule has 0 spiro atoms. The van der Waals surface area contributed by atoms with Crippen LogP contribution in [-0.2, 0) is 6.42 Å². The van der Waals surface area contributed by atoms with Gasteiger partial charge < -0.3 is 5.32 Å². The molecule has 1 nitrogen and oxygen atoms in total. The molecule has 3 heteroatoms. The maximum Gasteiger partial charge on any atom is 0.0595 e. The molecular formula is C16H23Cl2N. The summed E-state index contributed by atoms with van der Waals surface area (Å²) < 4.78 is 0. The second kappa shape index (κ2) is 7.52. The molecule has 1 aromatic carbocycles. The second-order valence-corrected chi connectivity index (χ2v) is 6.45. The zero-order chi connectivity index (χ0) is 13.7. The highest BCUT2D eigenvalue weighted by molar-refractivity contribution is 6.42. The number of benzene rings is 1. The van der Waals surface area contributed by atoms with Gasteiger partial charge >= 0.3 is 0 Å². The number of hydrogen-bond donors (Lipinski definition) is 1. The Morgan fingerprint density at radius 3 is 2.63 bits per heavy atom. The van der Waals surface area contributed by atoms with Crippen LogP contribution >= 0.6 is 23.2 Å². The van der Waals surface area contributed by atoms with Crippen LogP contribution in [0.1, 0.15) is 44.6 Å². The molecule has 1 unspecified atom stereocenters. The second-order valence-electron chi connectivity index (χ2n) is 5.64. The lowest BCUT2D eigenvalue weighted by Crippen LogP contribution is -2.35. The molecule has 0 amide bonds. The lowest BCUT2D eigenvalue weighted by Gasteiger charge is -2.30. The van der Waals surface area contributed by atoms with E-state index in [2.05, 4.69) is 18.3 Å². The van der Waals surface area contributed by atoms with Gasteiger partial charge in [-0.1, -0.05) is 55.5 Å². The Kier molecular flexibility index (Phi) is 6.00. The molecule has 0 aromatic heterocycles. The van der Waals surface area contributed by atoms with Crippen LogP contribution in [0.2, 0.25) is 10.0 Å². The molecule has 1 aliphatic rings. The summed E-state index contributed by atoms with van der Waals surface area (Å²) in [5.74, 6) is 0.928. The largest absolute Gasteiger partial charge is 0.314 e. The predicted molar refractivity (Wildman–Crippen MR) is 84.2 cm³/mol. The molecule has 0 bridgehead atoms. The predicted octanol–water partition coefficient (Wildman–Crippen LogP) is 5.09. The molecule has 0 aliphatic heterocycles. The minimum atomic E-state index is 0.572. The van der Waals surface area contributed by atoms with E-state index in [9.17, 15) is 0 Å². The normalized spacial score (nSPS) is 17.2. The van der Waals surface area contributed by atoms with Crippen molar-refractivity contribution in [1.29, 1.82) is 0 Å². The first-order valence-electron chi connectivity index (χ1n) is 7.36. The third-order valence-electron chi connectivity index (χ3n) is 3.99. The Hall–Kier alpha value is -0.240. The van der Waals surface area contributed by atoms with Crippen molar-refractivity contribution >= 4 is 23.2 Å². The van der Waals surface area contributed by atoms with Crippen molar-refractivity contribution in [2.24, 2.45) is 5.92 Å². The minimum Gasteiger partial charge on any atom is -0.314 e. The van der Waals surface area contributed by atoms with Crippen molar-refractivity contribution in [2.75, 3.05) is 6.54 Å². The Morgan fingerprint density at radius 1 is 1.26 bits per heavy atom. The van der Waals surface area contributed by atoms with Crippen LogP contribution < -0.4 is 5.32 Å². The molecule has 1 atom stereocenters. The summed E-state index contributed by atoms with van der Waals surface area (Å²) in [7, 11) is 0. The monoisotopic (exact) mass is 299 g/mol. The highest BCUT2D eigenvalue weighted by Crippen LogP contribution is 2.31. The molecular weight excluding hydrogens is 277 g/mol. The average Bonchev–Trinajstić information content (AvgIpc) is 2.35. The summed E-state index contributed by atoms with van der Waals surface area (Å²) in [6, 6.07) is 6.57. The molecule has 0 radical (unpaired) electrons. The Bertz CT molecular complexity index is 402. The summed E-state index contributed by atoms with van der Waals surface area (Å²) in [5, 5.41) is 4.98. The minimum absolute atomic E-state index is 0.572. The van der Waals surface area contributed by atoms with Crippen LogP contribution in [-0.4, -0.2) is 12.6 Å². The van der Waals surface area contributed by atoms with Gasteiger partial charge in [0.25, 0.3) is 0 Å². The van der Waals surface area contributed by atoms with Crippen molar-refractivity contribution in [3.63, 3.8) is 0 Å². The van der Waals surface area contributed by atoms with Crippen LogP contribution in [0.5, 0.6) is 0 Å². The van der Waals surface area contributed by atoms with E-state index in [-0.39, 0.29) is 0 Å². The van der Waals surface area contributed by atoms with Crippen molar-refractivity contribution < 1.29 is 0 Å². The van der Waals surface area contributed by atoms with Crippen molar-refractivity contribution in [3.8, 4) is 0 Å². The van der Waals surface area contributed by atoms with E-state index in [0.29, 0.717) is 16.1 Å². The molecule has 1 N–H and O–H groups in total. The van der Waals surface area contributed by atoms with Gasteiger partial charge in [-0.15, -0.1) is 0 Å². The van der Waals surface area contributed by atoms with E-state index in [1.165, 1.54) is 37.7 Å². The Labute approximate surface area is 126 Å². The van der Waals surface area contributed by atoms with Gasteiger partial charge in [0.15, 0.2) is 0 Å². The molecule has 1 saturated carbocycles. The molecule has 0 heterocycles. The maximum absolute atomic E-state index is 6.09. The first-order chi connectivity index (χ1) is 9.19. The van der Waals surface area contributed by atoms with Crippen LogP contribution in [0.3, 0.4) is 0 Å². The summed E-state index contributed by atoms with van der Waals surface area (Å²) >= 11 is 12.1. The van der Waals surface area contributed by atoms with Crippen LogP contribution in [0.4, 0.5) is 0 Å². The van der Waals surface area contributed by atoms with Gasteiger partial charge in [0.1, 0.15) is 0 Å². The fourth-order valence-electron chi connectivity index (χ4n) is 2.67. The maximum atomic E-state index is 6.09. The number of rotatable bonds is 7. The molecule has 1 aliphatic carbocycles. The fourth-order valence-corrected chi connectivity index (χ4v) is 2.99. The summed E-state index contributed by atoms with van der Waals surface area (Å²) in [4.78, 5) is 0. The lowest BCUT2D eigenvalue weighted by molar-refractivity contribution is 0.259. The molecule has 1 aromatic rings. The zero-order valence-electron chi connectivity index (χ0n) is 11.6. The van der Waals surface area contributed by atoms with Crippen LogP contribution in [0, 0.1) is 5.92 Å². The molecule has 106 valence electrons. The molecule has 19 heavy (non-hydrogen) atoms. The summed E-state index contributed by atoms with van der Waals surface area (Å²) in [5.41, 5.74) is 1.28. The van der Waals surface area contributed by atoms with Gasteiger partial charge in [0.2, 0.25) is 0 Å². The molecule has 2 rings (SSSR count). The Morgan fingerprint density at radius 2 is 2.05 bits per heavy atom. The van der Waals surface area contributed by atoms with Gasteiger partial charge in [0.05, 0.1) is 10.0 Å². The number of halogens is 2. The fraction of sp³-hybridized carbons (Fsp3) is 0.625. The Balaban J connectivity index is 1.94.